The zero-order valence-corrected chi connectivity index (χ0v) is 32.4. The molecule has 0 fully saturated rings. The van der Waals surface area contributed by atoms with Gasteiger partial charge in [-0.1, -0.05) is 152 Å². The molecule has 0 atom stereocenters. The number of nitrogens with zero attached hydrogens (tertiary/aromatic N) is 4. The van der Waals surface area contributed by atoms with Gasteiger partial charge < -0.3 is 4.57 Å². The standard InChI is InChI=1S/C56H34N4/c1-2-15-38-32-40(25-24-35(38)12-1)39-16-11-17-41(33-39)55-45-20-7-9-22-48(45)57-56(58-55)60-50-31-28-42(34-47(50)54-44-19-6-4-14-37(44)27-30-52(54)60)59-49-23-10-8-21-46(49)53-43-18-5-3-13-36(43)26-29-51(53)59/h1-34H. The smallest absolute Gasteiger partial charge is 0.235 e. The van der Waals surface area contributed by atoms with Crippen molar-refractivity contribution in [2.24, 2.45) is 0 Å². The van der Waals surface area contributed by atoms with Crippen molar-refractivity contribution in [1.82, 2.24) is 19.1 Å². The Balaban J connectivity index is 1.06. The van der Waals surface area contributed by atoms with Crippen molar-refractivity contribution >= 4 is 86.8 Å². The van der Waals surface area contributed by atoms with E-state index in [1.165, 1.54) is 65.1 Å². The summed E-state index contributed by atoms with van der Waals surface area (Å²) in [5.74, 6) is 0.645. The van der Waals surface area contributed by atoms with Crippen molar-refractivity contribution in [2.75, 3.05) is 0 Å². The van der Waals surface area contributed by atoms with Crippen LogP contribution >= 0.6 is 0 Å². The second-order valence-electron chi connectivity index (χ2n) is 15.8. The molecule has 278 valence electrons. The van der Waals surface area contributed by atoms with E-state index >= 15 is 0 Å². The maximum absolute atomic E-state index is 5.51. The first kappa shape index (κ1) is 32.9. The van der Waals surface area contributed by atoms with Gasteiger partial charge >= 0.3 is 0 Å². The second-order valence-corrected chi connectivity index (χ2v) is 15.8. The average molecular weight is 763 g/mol. The molecule has 0 saturated heterocycles. The van der Waals surface area contributed by atoms with Crippen LogP contribution in [0.5, 0.6) is 0 Å². The number of benzene rings is 10. The van der Waals surface area contributed by atoms with Crippen molar-refractivity contribution < 1.29 is 0 Å². The SMILES string of the molecule is c1cc(-c2ccc3ccccc3c2)cc(-c2nc(-n3c4ccc(-n5c6ccccc6c6c7ccccc7ccc65)cc4c4c5ccccc5ccc43)nc3ccccc23)c1. The van der Waals surface area contributed by atoms with Gasteiger partial charge in [0, 0.05) is 38.2 Å². The van der Waals surface area contributed by atoms with Gasteiger partial charge in [0.1, 0.15) is 0 Å². The maximum Gasteiger partial charge on any atom is 0.235 e. The molecule has 4 nitrogen and oxygen atoms in total. The third-order valence-electron chi connectivity index (χ3n) is 12.5. The summed E-state index contributed by atoms with van der Waals surface area (Å²) >= 11 is 0. The van der Waals surface area contributed by atoms with E-state index < -0.39 is 0 Å². The highest BCUT2D eigenvalue weighted by molar-refractivity contribution is 6.23. The lowest BCUT2D eigenvalue weighted by molar-refractivity contribution is 1.01. The minimum Gasteiger partial charge on any atom is -0.309 e. The van der Waals surface area contributed by atoms with Crippen LogP contribution in [0.1, 0.15) is 0 Å². The second kappa shape index (κ2) is 12.7. The van der Waals surface area contributed by atoms with Crippen molar-refractivity contribution in [3.8, 4) is 34.0 Å². The number of aromatic nitrogens is 4. The maximum atomic E-state index is 5.51. The summed E-state index contributed by atoms with van der Waals surface area (Å²) in [7, 11) is 0. The Morgan fingerprint density at radius 2 is 0.867 bits per heavy atom. The van der Waals surface area contributed by atoms with Crippen LogP contribution in [0, 0.1) is 0 Å². The number of hydrogen-bond acceptors (Lipinski definition) is 2. The van der Waals surface area contributed by atoms with Crippen molar-refractivity contribution in [1.29, 1.82) is 0 Å². The summed E-state index contributed by atoms with van der Waals surface area (Å²) in [6, 6.07) is 74.4. The summed E-state index contributed by atoms with van der Waals surface area (Å²) in [5.41, 5.74) is 10.8. The fourth-order valence-corrected chi connectivity index (χ4v) is 9.75. The Morgan fingerprint density at radius 3 is 1.67 bits per heavy atom. The summed E-state index contributed by atoms with van der Waals surface area (Å²) in [6.07, 6.45) is 0. The molecule has 0 amide bonds. The highest BCUT2D eigenvalue weighted by Crippen LogP contribution is 2.41. The van der Waals surface area contributed by atoms with Crippen molar-refractivity contribution in [2.45, 2.75) is 0 Å². The van der Waals surface area contributed by atoms with Crippen molar-refractivity contribution in [3.05, 3.63) is 206 Å². The first-order chi connectivity index (χ1) is 29.7. The lowest BCUT2D eigenvalue weighted by Gasteiger charge is -2.13. The molecule has 60 heavy (non-hydrogen) atoms. The van der Waals surface area contributed by atoms with Crippen molar-refractivity contribution in [3.63, 3.8) is 0 Å². The first-order valence-corrected chi connectivity index (χ1v) is 20.5. The molecule has 0 bridgehead atoms. The minimum atomic E-state index is 0.645. The monoisotopic (exact) mass is 762 g/mol. The van der Waals surface area contributed by atoms with Crippen LogP contribution in [0.4, 0.5) is 0 Å². The molecule has 0 aliphatic carbocycles. The Bertz CT molecular complexity index is 3910. The van der Waals surface area contributed by atoms with Crippen LogP contribution in [0.25, 0.3) is 121 Å². The normalized spacial score (nSPS) is 12.0. The van der Waals surface area contributed by atoms with Gasteiger partial charge in [-0.05, 0) is 98.0 Å². The summed E-state index contributed by atoms with van der Waals surface area (Å²) in [6.45, 7) is 0. The highest BCUT2D eigenvalue weighted by Gasteiger charge is 2.21. The molecular formula is C56H34N4. The third-order valence-corrected chi connectivity index (χ3v) is 12.5. The van der Waals surface area contributed by atoms with E-state index in [9.17, 15) is 0 Å². The highest BCUT2D eigenvalue weighted by atomic mass is 15.2. The average Bonchev–Trinajstić information content (AvgIpc) is 3.84. The molecule has 0 saturated carbocycles. The molecule has 0 radical (unpaired) electrons. The van der Waals surface area contributed by atoms with Gasteiger partial charge in [0.25, 0.3) is 0 Å². The number of hydrogen-bond donors (Lipinski definition) is 0. The van der Waals surface area contributed by atoms with Gasteiger partial charge in [-0.25, -0.2) is 9.97 Å². The number of rotatable bonds is 4. The van der Waals surface area contributed by atoms with E-state index in [1.807, 2.05) is 0 Å². The zero-order valence-electron chi connectivity index (χ0n) is 32.4. The van der Waals surface area contributed by atoms with Crippen LogP contribution in [-0.2, 0) is 0 Å². The fourth-order valence-electron chi connectivity index (χ4n) is 9.75. The Morgan fingerprint density at radius 1 is 0.300 bits per heavy atom. The fraction of sp³-hybridized carbons (Fsp3) is 0. The predicted octanol–water partition coefficient (Wildman–Crippen LogP) is 14.6. The minimum absolute atomic E-state index is 0.645. The molecule has 3 aromatic heterocycles. The first-order valence-electron chi connectivity index (χ1n) is 20.5. The van der Waals surface area contributed by atoms with E-state index in [0.29, 0.717) is 5.95 Å². The Labute approximate surface area is 344 Å². The molecular weight excluding hydrogens is 729 g/mol. The van der Waals surface area contributed by atoms with Crippen LogP contribution in [0.3, 0.4) is 0 Å². The summed E-state index contributed by atoms with van der Waals surface area (Å²) in [5, 5.41) is 13.3. The van der Waals surface area contributed by atoms with E-state index in [2.05, 4.69) is 215 Å². The predicted molar refractivity (Wildman–Crippen MR) is 252 cm³/mol. The molecule has 0 unspecified atom stereocenters. The van der Waals surface area contributed by atoms with Crippen LogP contribution < -0.4 is 0 Å². The molecule has 10 aromatic carbocycles. The largest absolute Gasteiger partial charge is 0.309 e. The molecule has 13 rings (SSSR count). The third kappa shape index (κ3) is 4.85. The number of para-hydroxylation sites is 2. The van der Waals surface area contributed by atoms with Crippen LogP contribution in [-0.4, -0.2) is 19.1 Å². The van der Waals surface area contributed by atoms with E-state index in [4.69, 9.17) is 9.97 Å². The quantitative estimate of drug-likeness (QED) is 0.179. The molecule has 3 heterocycles. The lowest BCUT2D eigenvalue weighted by atomic mass is 9.98. The molecule has 0 N–H and O–H groups in total. The van der Waals surface area contributed by atoms with Gasteiger partial charge in [0.05, 0.1) is 33.3 Å². The van der Waals surface area contributed by atoms with Crippen LogP contribution in [0.15, 0.2) is 206 Å². The van der Waals surface area contributed by atoms with E-state index in [1.54, 1.807) is 0 Å². The van der Waals surface area contributed by atoms with E-state index in [-0.39, 0.29) is 0 Å². The zero-order chi connectivity index (χ0) is 39.3. The Hall–Kier alpha value is -8.08. The van der Waals surface area contributed by atoms with Gasteiger partial charge in [-0.2, -0.15) is 0 Å². The van der Waals surface area contributed by atoms with Crippen LogP contribution in [0.2, 0.25) is 0 Å². The molecule has 0 spiro atoms. The molecule has 0 aliphatic rings. The summed E-state index contributed by atoms with van der Waals surface area (Å²) < 4.78 is 4.70. The number of fused-ring (bicyclic) bond motifs is 12. The van der Waals surface area contributed by atoms with Gasteiger partial charge in [-0.3, -0.25) is 4.57 Å². The molecule has 0 aliphatic heterocycles. The van der Waals surface area contributed by atoms with E-state index in [0.717, 1.165) is 49.8 Å². The van der Waals surface area contributed by atoms with Gasteiger partial charge in [0.2, 0.25) is 5.95 Å². The van der Waals surface area contributed by atoms with Gasteiger partial charge in [0.15, 0.2) is 0 Å². The lowest BCUT2D eigenvalue weighted by Crippen LogP contribution is -2.03. The Kier molecular flexibility index (Phi) is 6.98. The topological polar surface area (TPSA) is 35.6 Å². The van der Waals surface area contributed by atoms with Gasteiger partial charge in [-0.15, -0.1) is 0 Å². The summed E-state index contributed by atoms with van der Waals surface area (Å²) in [4.78, 5) is 10.8. The molecule has 13 aromatic rings. The molecule has 4 heteroatoms.